The van der Waals surface area contributed by atoms with E-state index in [0.29, 0.717) is 12.4 Å². The van der Waals surface area contributed by atoms with Crippen LogP contribution in [0.4, 0.5) is 0 Å². The summed E-state index contributed by atoms with van der Waals surface area (Å²) in [4.78, 5) is 4.21. The van der Waals surface area contributed by atoms with Crippen LogP contribution in [0.1, 0.15) is 31.3 Å². The lowest BCUT2D eigenvalue weighted by Gasteiger charge is -2.13. The van der Waals surface area contributed by atoms with E-state index >= 15 is 0 Å². The van der Waals surface area contributed by atoms with Crippen molar-refractivity contribution in [3.05, 3.63) is 48.0 Å². The summed E-state index contributed by atoms with van der Waals surface area (Å²) in [6, 6.07) is 7.49. The third-order valence-corrected chi connectivity index (χ3v) is 2.82. The zero-order valence-electron chi connectivity index (χ0n) is 10.7. The molecule has 0 aliphatic carbocycles. The Balaban J connectivity index is 2.28. The van der Waals surface area contributed by atoms with Gasteiger partial charge in [-0.2, -0.15) is 0 Å². The summed E-state index contributed by atoms with van der Waals surface area (Å²) in [6.45, 7) is 5.36. The molecule has 0 fully saturated rings. The fourth-order valence-electron chi connectivity index (χ4n) is 1.93. The molecule has 1 atom stereocenters. The van der Waals surface area contributed by atoms with E-state index in [2.05, 4.69) is 4.98 Å². The second-order valence-electron chi connectivity index (χ2n) is 3.98. The topological polar surface area (TPSA) is 47.3 Å². The second-order valence-corrected chi connectivity index (χ2v) is 3.98. The molecule has 1 N–H and O–H groups in total. The molecule has 0 amide bonds. The molecule has 96 valence electrons. The summed E-state index contributed by atoms with van der Waals surface area (Å²) in [6.07, 6.45) is 2.85. The van der Waals surface area contributed by atoms with Crippen molar-refractivity contribution in [3.63, 3.8) is 0 Å². The maximum atomic E-state index is 10.3. The number of benzene rings is 1. The van der Waals surface area contributed by atoms with Gasteiger partial charge in [0.25, 0.3) is 0 Å². The van der Waals surface area contributed by atoms with E-state index < -0.39 is 6.10 Å². The minimum atomic E-state index is -0.722. The van der Waals surface area contributed by atoms with Crippen molar-refractivity contribution in [3.8, 4) is 5.75 Å². The molecule has 0 radical (unpaired) electrons. The third kappa shape index (κ3) is 2.54. The van der Waals surface area contributed by atoms with Crippen LogP contribution >= 0.6 is 0 Å². The van der Waals surface area contributed by atoms with Crippen LogP contribution in [0.15, 0.2) is 36.7 Å². The number of aryl methyl sites for hydroxylation is 1. The van der Waals surface area contributed by atoms with Gasteiger partial charge >= 0.3 is 0 Å². The van der Waals surface area contributed by atoms with Gasteiger partial charge in [0.2, 0.25) is 0 Å². The zero-order valence-corrected chi connectivity index (χ0v) is 10.7. The molecule has 1 unspecified atom stereocenters. The number of nitrogens with zero attached hydrogens (tertiary/aromatic N) is 2. The van der Waals surface area contributed by atoms with Crippen LogP contribution in [0.25, 0.3) is 0 Å². The van der Waals surface area contributed by atoms with Crippen LogP contribution in [0, 0.1) is 0 Å². The number of hydrogen-bond donors (Lipinski definition) is 1. The Labute approximate surface area is 107 Å². The van der Waals surface area contributed by atoms with Crippen LogP contribution in [0.2, 0.25) is 0 Å². The van der Waals surface area contributed by atoms with Crippen LogP contribution in [0.3, 0.4) is 0 Å². The van der Waals surface area contributed by atoms with Crippen molar-refractivity contribution in [1.29, 1.82) is 0 Å². The number of aliphatic hydroxyl groups is 1. The Morgan fingerprint density at radius 3 is 2.94 bits per heavy atom. The fraction of sp³-hybridized carbons (Fsp3) is 0.357. The first-order chi connectivity index (χ1) is 8.76. The summed E-state index contributed by atoms with van der Waals surface area (Å²) < 4.78 is 7.36. The van der Waals surface area contributed by atoms with Crippen molar-refractivity contribution < 1.29 is 9.84 Å². The molecular formula is C14H18N2O2. The van der Waals surface area contributed by atoms with Gasteiger partial charge in [-0.05, 0) is 31.5 Å². The molecule has 4 heteroatoms. The van der Waals surface area contributed by atoms with Crippen LogP contribution in [0.5, 0.6) is 5.75 Å². The highest BCUT2D eigenvalue weighted by Crippen LogP contribution is 2.24. The van der Waals surface area contributed by atoms with Gasteiger partial charge < -0.3 is 14.4 Å². The highest BCUT2D eigenvalue weighted by Gasteiger charge is 2.16. The molecule has 0 saturated carbocycles. The van der Waals surface area contributed by atoms with Crippen LogP contribution < -0.4 is 4.74 Å². The van der Waals surface area contributed by atoms with E-state index in [4.69, 9.17) is 4.74 Å². The molecule has 1 aromatic carbocycles. The van der Waals surface area contributed by atoms with Gasteiger partial charge in [0.1, 0.15) is 17.7 Å². The molecular weight excluding hydrogens is 228 g/mol. The smallest absolute Gasteiger partial charge is 0.142 e. The molecule has 0 spiro atoms. The van der Waals surface area contributed by atoms with E-state index in [-0.39, 0.29) is 0 Å². The number of aromatic nitrogens is 2. The normalized spacial score (nSPS) is 12.4. The molecule has 18 heavy (non-hydrogen) atoms. The average molecular weight is 246 g/mol. The molecule has 0 aliphatic rings. The Morgan fingerprint density at radius 1 is 1.39 bits per heavy atom. The number of rotatable bonds is 5. The van der Waals surface area contributed by atoms with Gasteiger partial charge in [0, 0.05) is 18.9 Å². The lowest BCUT2D eigenvalue weighted by Crippen LogP contribution is -2.09. The number of imidazole rings is 1. The monoisotopic (exact) mass is 246 g/mol. The standard InChI is InChI=1S/C14H18N2O2/c1-3-16-9-8-15-14(16)13(17)11-6-5-7-12(10-11)18-4-2/h5-10,13,17H,3-4H2,1-2H3. The number of ether oxygens (including phenoxy) is 1. The molecule has 2 rings (SSSR count). The van der Waals surface area contributed by atoms with E-state index in [1.54, 1.807) is 6.20 Å². The molecule has 1 heterocycles. The number of aliphatic hydroxyl groups excluding tert-OH is 1. The van der Waals surface area contributed by atoms with E-state index in [0.717, 1.165) is 17.9 Å². The van der Waals surface area contributed by atoms with Gasteiger partial charge in [0.05, 0.1) is 6.61 Å². The van der Waals surface area contributed by atoms with Gasteiger partial charge in [-0.25, -0.2) is 4.98 Å². The molecule has 4 nitrogen and oxygen atoms in total. The van der Waals surface area contributed by atoms with E-state index in [1.165, 1.54) is 0 Å². The second kappa shape index (κ2) is 5.69. The quantitative estimate of drug-likeness (QED) is 0.881. The highest BCUT2D eigenvalue weighted by atomic mass is 16.5. The first-order valence-corrected chi connectivity index (χ1v) is 6.18. The van der Waals surface area contributed by atoms with Crippen LogP contribution in [-0.4, -0.2) is 21.3 Å². The maximum absolute atomic E-state index is 10.3. The Bertz CT molecular complexity index is 508. The van der Waals surface area contributed by atoms with Crippen molar-refractivity contribution >= 4 is 0 Å². The van der Waals surface area contributed by atoms with Gasteiger partial charge in [-0.15, -0.1) is 0 Å². The number of hydrogen-bond acceptors (Lipinski definition) is 3. The molecule has 0 aliphatic heterocycles. The summed E-state index contributed by atoms with van der Waals surface area (Å²) in [5.41, 5.74) is 0.793. The minimum Gasteiger partial charge on any atom is -0.494 e. The fourth-order valence-corrected chi connectivity index (χ4v) is 1.93. The summed E-state index contributed by atoms with van der Waals surface area (Å²) in [5, 5.41) is 10.3. The minimum absolute atomic E-state index is 0.614. The van der Waals surface area contributed by atoms with E-state index in [1.807, 2.05) is 48.9 Å². The van der Waals surface area contributed by atoms with E-state index in [9.17, 15) is 5.11 Å². The van der Waals surface area contributed by atoms with Crippen molar-refractivity contribution in [2.24, 2.45) is 0 Å². The predicted molar refractivity (Wildman–Crippen MR) is 69.6 cm³/mol. The SMILES string of the molecule is CCOc1cccc(C(O)c2nccn2CC)c1. The molecule has 0 saturated heterocycles. The maximum Gasteiger partial charge on any atom is 0.142 e. The molecule has 1 aromatic heterocycles. The Kier molecular flexibility index (Phi) is 3.99. The Hall–Kier alpha value is -1.81. The predicted octanol–water partition coefficient (Wildman–Crippen LogP) is 2.38. The third-order valence-electron chi connectivity index (χ3n) is 2.82. The Morgan fingerprint density at radius 2 is 2.22 bits per heavy atom. The van der Waals surface area contributed by atoms with Gasteiger partial charge in [-0.1, -0.05) is 12.1 Å². The highest BCUT2D eigenvalue weighted by molar-refractivity contribution is 5.32. The first kappa shape index (κ1) is 12.6. The van der Waals surface area contributed by atoms with Crippen LogP contribution in [-0.2, 0) is 6.54 Å². The summed E-state index contributed by atoms with van der Waals surface area (Å²) in [7, 11) is 0. The van der Waals surface area contributed by atoms with Crippen molar-refractivity contribution in [2.75, 3.05) is 6.61 Å². The molecule has 2 aromatic rings. The van der Waals surface area contributed by atoms with Crippen molar-refractivity contribution in [1.82, 2.24) is 9.55 Å². The van der Waals surface area contributed by atoms with Crippen molar-refractivity contribution in [2.45, 2.75) is 26.5 Å². The summed E-state index contributed by atoms with van der Waals surface area (Å²) >= 11 is 0. The summed E-state index contributed by atoms with van der Waals surface area (Å²) in [5.74, 6) is 1.43. The lowest BCUT2D eigenvalue weighted by atomic mass is 10.1. The van der Waals surface area contributed by atoms with Gasteiger partial charge in [-0.3, -0.25) is 0 Å². The average Bonchev–Trinajstić information content (AvgIpc) is 2.87. The first-order valence-electron chi connectivity index (χ1n) is 6.18. The van der Waals surface area contributed by atoms with Gasteiger partial charge in [0.15, 0.2) is 0 Å². The zero-order chi connectivity index (χ0) is 13.0. The largest absolute Gasteiger partial charge is 0.494 e. The molecule has 0 bridgehead atoms. The lowest BCUT2D eigenvalue weighted by molar-refractivity contribution is 0.204.